The molecular formula is C12H19ClN2S. The Morgan fingerprint density at radius 2 is 2.19 bits per heavy atom. The second-order valence-corrected chi connectivity index (χ2v) is 6.26. The first-order valence-electron chi connectivity index (χ1n) is 5.99. The van der Waals surface area contributed by atoms with Gasteiger partial charge >= 0.3 is 0 Å². The molecule has 1 saturated carbocycles. The molecule has 0 spiro atoms. The molecule has 4 heteroatoms. The molecule has 1 aromatic rings. The number of halogens is 1. The van der Waals surface area contributed by atoms with E-state index in [0.717, 1.165) is 17.3 Å². The summed E-state index contributed by atoms with van der Waals surface area (Å²) in [5, 5.41) is 3.57. The maximum Gasteiger partial charge on any atom is 0.0931 e. The van der Waals surface area contributed by atoms with Gasteiger partial charge in [-0.05, 0) is 31.4 Å². The van der Waals surface area contributed by atoms with Gasteiger partial charge in [0.15, 0.2) is 0 Å². The van der Waals surface area contributed by atoms with Crippen LogP contribution in [0, 0.1) is 0 Å². The van der Waals surface area contributed by atoms with E-state index in [0.29, 0.717) is 12.1 Å². The first-order chi connectivity index (χ1) is 7.75. The Balaban J connectivity index is 1.71. The van der Waals surface area contributed by atoms with Crippen molar-refractivity contribution in [1.82, 2.24) is 5.32 Å². The molecule has 0 radical (unpaired) electrons. The van der Waals surface area contributed by atoms with E-state index in [4.69, 9.17) is 17.3 Å². The number of thiophene rings is 1. The standard InChI is InChI=1S/C12H19ClN2S/c13-12-6-5-9(16-12)7-8-15-11-4-2-1-3-10(11)14/h5-6,10-11,15H,1-4,7-8,14H2. The number of rotatable bonds is 4. The van der Waals surface area contributed by atoms with Crippen LogP contribution in [0.15, 0.2) is 12.1 Å². The molecule has 90 valence electrons. The van der Waals surface area contributed by atoms with Crippen LogP contribution in [-0.4, -0.2) is 18.6 Å². The second-order valence-electron chi connectivity index (χ2n) is 4.46. The van der Waals surface area contributed by atoms with Crippen molar-refractivity contribution in [1.29, 1.82) is 0 Å². The van der Waals surface area contributed by atoms with Crippen molar-refractivity contribution in [2.24, 2.45) is 5.73 Å². The minimum atomic E-state index is 0.348. The maximum absolute atomic E-state index is 6.08. The first-order valence-corrected chi connectivity index (χ1v) is 7.18. The van der Waals surface area contributed by atoms with Crippen LogP contribution in [0.2, 0.25) is 4.34 Å². The minimum absolute atomic E-state index is 0.348. The highest BCUT2D eigenvalue weighted by molar-refractivity contribution is 7.16. The molecule has 1 aliphatic carbocycles. The van der Waals surface area contributed by atoms with Gasteiger partial charge in [0.1, 0.15) is 0 Å². The largest absolute Gasteiger partial charge is 0.326 e. The topological polar surface area (TPSA) is 38.0 Å². The summed E-state index contributed by atoms with van der Waals surface area (Å²) in [5.74, 6) is 0. The number of nitrogens with one attached hydrogen (secondary N) is 1. The summed E-state index contributed by atoms with van der Waals surface area (Å²) < 4.78 is 0.879. The molecule has 2 atom stereocenters. The molecule has 0 amide bonds. The second kappa shape index (κ2) is 6.01. The van der Waals surface area contributed by atoms with Crippen LogP contribution in [-0.2, 0) is 6.42 Å². The molecule has 0 saturated heterocycles. The van der Waals surface area contributed by atoms with Crippen LogP contribution >= 0.6 is 22.9 Å². The molecule has 2 nitrogen and oxygen atoms in total. The summed E-state index contributed by atoms with van der Waals surface area (Å²) in [5.41, 5.74) is 6.08. The van der Waals surface area contributed by atoms with Gasteiger partial charge in [-0.3, -0.25) is 0 Å². The fraction of sp³-hybridized carbons (Fsp3) is 0.667. The van der Waals surface area contributed by atoms with E-state index in [9.17, 15) is 0 Å². The molecule has 0 bridgehead atoms. The van der Waals surface area contributed by atoms with E-state index in [1.807, 2.05) is 6.07 Å². The lowest BCUT2D eigenvalue weighted by Crippen LogP contribution is -2.47. The van der Waals surface area contributed by atoms with Gasteiger partial charge in [-0.25, -0.2) is 0 Å². The lowest BCUT2D eigenvalue weighted by Gasteiger charge is -2.29. The van der Waals surface area contributed by atoms with E-state index in [1.54, 1.807) is 11.3 Å². The van der Waals surface area contributed by atoms with Crippen LogP contribution in [0.5, 0.6) is 0 Å². The van der Waals surface area contributed by atoms with Crippen LogP contribution in [0.4, 0.5) is 0 Å². The molecule has 3 N–H and O–H groups in total. The summed E-state index contributed by atoms with van der Waals surface area (Å²) in [6, 6.07) is 4.94. The van der Waals surface area contributed by atoms with Gasteiger partial charge in [-0.2, -0.15) is 0 Å². The maximum atomic E-state index is 6.08. The van der Waals surface area contributed by atoms with Gasteiger partial charge in [0.2, 0.25) is 0 Å². The minimum Gasteiger partial charge on any atom is -0.326 e. The molecule has 2 unspecified atom stereocenters. The summed E-state index contributed by atoms with van der Waals surface area (Å²) in [6.45, 7) is 1.01. The van der Waals surface area contributed by atoms with Gasteiger partial charge < -0.3 is 11.1 Å². The normalized spacial score (nSPS) is 25.9. The van der Waals surface area contributed by atoms with Crippen LogP contribution in [0.25, 0.3) is 0 Å². The first kappa shape index (κ1) is 12.4. The van der Waals surface area contributed by atoms with Gasteiger partial charge in [0.25, 0.3) is 0 Å². The molecular weight excluding hydrogens is 240 g/mol. The molecule has 1 fully saturated rings. The predicted octanol–water partition coefficient (Wildman–Crippen LogP) is 2.80. The van der Waals surface area contributed by atoms with Gasteiger partial charge in [-0.1, -0.05) is 24.4 Å². The van der Waals surface area contributed by atoms with Crippen molar-refractivity contribution < 1.29 is 0 Å². The Morgan fingerprint density at radius 1 is 1.38 bits per heavy atom. The Hall–Kier alpha value is -0.0900. The average molecular weight is 259 g/mol. The Morgan fingerprint density at radius 3 is 2.88 bits per heavy atom. The quantitative estimate of drug-likeness (QED) is 0.872. The smallest absolute Gasteiger partial charge is 0.0931 e. The lowest BCUT2D eigenvalue weighted by atomic mass is 9.91. The summed E-state index contributed by atoms with van der Waals surface area (Å²) >= 11 is 7.56. The fourth-order valence-corrected chi connectivity index (χ4v) is 3.37. The van der Waals surface area contributed by atoms with Crippen LogP contribution in [0.1, 0.15) is 30.6 Å². The summed E-state index contributed by atoms with van der Waals surface area (Å²) in [4.78, 5) is 1.35. The molecule has 0 aliphatic heterocycles. The van der Waals surface area contributed by atoms with Gasteiger partial charge in [0, 0.05) is 23.5 Å². The monoisotopic (exact) mass is 258 g/mol. The Kier molecular flexibility index (Phi) is 4.65. The van der Waals surface area contributed by atoms with E-state index >= 15 is 0 Å². The highest BCUT2D eigenvalue weighted by Gasteiger charge is 2.20. The Bertz CT molecular complexity index is 327. The SMILES string of the molecule is NC1CCCCC1NCCc1ccc(Cl)s1. The van der Waals surface area contributed by atoms with Gasteiger partial charge in [0.05, 0.1) is 4.34 Å². The van der Waals surface area contributed by atoms with Crippen molar-refractivity contribution >= 4 is 22.9 Å². The molecule has 16 heavy (non-hydrogen) atoms. The lowest BCUT2D eigenvalue weighted by molar-refractivity contribution is 0.330. The van der Waals surface area contributed by atoms with E-state index in [-0.39, 0.29) is 0 Å². The van der Waals surface area contributed by atoms with E-state index in [2.05, 4.69) is 11.4 Å². The summed E-state index contributed by atoms with van der Waals surface area (Å²) in [7, 11) is 0. The molecule has 1 aliphatic rings. The third kappa shape index (κ3) is 3.45. The molecule has 1 heterocycles. The van der Waals surface area contributed by atoms with Crippen molar-refractivity contribution in [2.45, 2.75) is 44.2 Å². The van der Waals surface area contributed by atoms with Crippen molar-refractivity contribution in [2.75, 3.05) is 6.54 Å². The van der Waals surface area contributed by atoms with E-state index < -0.39 is 0 Å². The van der Waals surface area contributed by atoms with Crippen LogP contribution in [0.3, 0.4) is 0 Å². The number of hydrogen-bond donors (Lipinski definition) is 2. The zero-order valence-corrected chi connectivity index (χ0v) is 11.0. The van der Waals surface area contributed by atoms with E-state index in [1.165, 1.54) is 30.6 Å². The Labute approximate surface area is 106 Å². The van der Waals surface area contributed by atoms with Crippen molar-refractivity contribution in [3.05, 3.63) is 21.3 Å². The van der Waals surface area contributed by atoms with Crippen LogP contribution < -0.4 is 11.1 Å². The molecule has 2 rings (SSSR count). The zero-order chi connectivity index (χ0) is 11.4. The zero-order valence-electron chi connectivity index (χ0n) is 9.42. The number of nitrogens with two attached hydrogens (primary N) is 1. The average Bonchev–Trinajstić information content (AvgIpc) is 2.67. The van der Waals surface area contributed by atoms with Gasteiger partial charge in [-0.15, -0.1) is 11.3 Å². The third-order valence-corrected chi connectivity index (χ3v) is 4.52. The highest BCUT2D eigenvalue weighted by Crippen LogP contribution is 2.22. The third-order valence-electron chi connectivity index (χ3n) is 3.23. The fourth-order valence-electron chi connectivity index (χ4n) is 2.28. The molecule has 1 aromatic heterocycles. The molecule has 0 aromatic carbocycles. The number of hydrogen-bond acceptors (Lipinski definition) is 3. The predicted molar refractivity (Wildman–Crippen MR) is 71.3 cm³/mol. The highest BCUT2D eigenvalue weighted by atomic mass is 35.5. The van der Waals surface area contributed by atoms with Crippen molar-refractivity contribution in [3.63, 3.8) is 0 Å². The van der Waals surface area contributed by atoms with Crippen molar-refractivity contribution in [3.8, 4) is 0 Å². The summed E-state index contributed by atoms with van der Waals surface area (Å²) in [6.07, 6.45) is 6.06.